The van der Waals surface area contributed by atoms with Crippen molar-refractivity contribution in [2.24, 2.45) is 0 Å². The van der Waals surface area contributed by atoms with Gasteiger partial charge < -0.3 is 25.7 Å². The van der Waals surface area contributed by atoms with Gasteiger partial charge in [0.25, 0.3) is 11.8 Å². The predicted molar refractivity (Wildman–Crippen MR) is 120 cm³/mol. The lowest BCUT2D eigenvalue weighted by Gasteiger charge is -2.13. The molecule has 31 heavy (non-hydrogen) atoms. The molecule has 0 atom stereocenters. The first kappa shape index (κ1) is 21.9. The molecule has 4 N–H and O–H groups in total. The first-order valence-electron chi connectivity index (χ1n) is 9.52. The number of halogens is 1. The molecule has 1 heterocycles. The summed E-state index contributed by atoms with van der Waals surface area (Å²) in [6, 6.07) is 14.7. The molecule has 0 radical (unpaired) electrons. The fourth-order valence-electron chi connectivity index (χ4n) is 2.75. The van der Waals surface area contributed by atoms with Crippen LogP contribution in [0.25, 0.3) is 0 Å². The molecule has 0 unspecified atom stereocenters. The van der Waals surface area contributed by atoms with Gasteiger partial charge >= 0.3 is 0 Å². The summed E-state index contributed by atoms with van der Waals surface area (Å²) in [5, 5.41) is 11.5. The summed E-state index contributed by atoms with van der Waals surface area (Å²) in [5.41, 5.74) is 1.86. The van der Waals surface area contributed by atoms with Gasteiger partial charge in [-0.05, 0) is 55.5 Å². The summed E-state index contributed by atoms with van der Waals surface area (Å²) in [4.78, 5) is 36.6. The Morgan fingerprint density at radius 2 is 1.77 bits per heavy atom. The Bertz CT molecular complexity index is 1080. The lowest BCUT2D eigenvalue weighted by molar-refractivity contribution is -0.114. The molecule has 0 saturated heterocycles. The van der Waals surface area contributed by atoms with Gasteiger partial charge in [-0.15, -0.1) is 0 Å². The molecule has 3 aromatic rings. The van der Waals surface area contributed by atoms with Gasteiger partial charge in [-0.2, -0.15) is 0 Å². The van der Waals surface area contributed by atoms with Crippen LogP contribution in [0.1, 0.15) is 27.8 Å². The molecule has 2 aromatic carbocycles. The molecule has 0 fully saturated rings. The van der Waals surface area contributed by atoms with E-state index < -0.39 is 5.91 Å². The second kappa shape index (κ2) is 10.3. The number of carbonyl (C=O) groups excluding carboxylic acids is 3. The molecule has 9 heteroatoms. The third-order valence-corrected chi connectivity index (χ3v) is 4.40. The molecule has 0 bridgehead atoms. The highest BCUT2D eigenvalue weighted by Crippen LogP contribution is 2.26. The summed E-state index contributed by atoms with van der Waals surface area (Å²) in [6.45, 7) is 2.27. The minimum absolute atomic E-state index is 0.0728. The molecule has 160 valence electrons. The van der Waals surface area contributed by atoms with Gasteiger partial charge in [0.1, 0.15) is 0 Å². The average Bonchev–Trinajstić information content (AvgIpc) is 3.29. The van der Waals surface area contributed by atoms with Crippen LogP contribution >= 0.6 is 11.6 Å². The lowest BCUT2D eigenvalue weighted by Crippen LogP contribution is -2.24. The maximum atomic E-state index is 12.4. The Hall–Kier alpha value is -3.78. The van der Waals surface area contributed by atoms with Crippen LogP contribution in [-0.2, 0) is 4.79 Å². The van der Waals surface area contributed by atoms with Crippen molar-refractivity contribution in [3.63, 3.8) is 0 Å². The second-order valence-corrected chi connectivity index (χ2v) is 6.90. The van der Waals surface area contributed by atoms with E-state index in [1.165, 1.54) is 12.3 Å². The summed E-state index contributed by atoms with van der Waals surface area (Å²) in [6.07, 6.45) is 1.40. The number of hydrogen-bond acceptors (Lipinski definition) is 5. The number of nitrogens with one attached hydrogen (secondary N) is 4. The van der Waals surface area contributed by atoms with Crippen molar-refractivity contribution in [2.45, 2.75) is 6.92 Å². The van der Waals surface area contributed by atoms with Crippen molar-refractivity contribution in [1.82, 2.24) is 5.32 Å². The van der Waals surface area contributed by atoms with Gasteiger partial charge in [0.15, 0.2) is 5.76 Å². The molecule has 0 saturated carbocycles. The average molecular weight is 441 g/mol. The van der Waals surface area contributed by atoms with Crippen molar-refractivity contribution in [1.29, 1.82) is 0 Å². The van der Waals surface area contributed by atoms with E-state index in [2.05, 4.69) is 21.3 Å². The van der Waals surface area contributed by atoms with E-state index in [9.17, 15) is 14.4 Å². The van der Waals surface area contributed by atoms with Crippen molar-refractivity contribution < 1.29 is 18.8 Å². The zero-order valence-corrected chi connectivity index (χ0v) is 17.5. The van der Waals surface area contributed by atoms with E-state index in [1.54, 1.807) is 48.5 Å². The fraction of sp³-hybridized carbons (Fsp3) is 0.136. The number of carbonyl (C=O) groups is 3. The van der Waals surface area contributed by atoms with Gasteiger partial charge in [-0.25, -0.2) is 0 Å². The van der Waals surface area contributed by atoms with Crippen LogP contribution in [0, 0.1) is 0 Å². The Morgan fingerprint density at radius 1 is 0.935 bits per heavy atom. The molecule has 3 amide bonds. The maximum Gasteiger partial charge on any atom is 0.291 e. The Labute approximate surface area is 184 Å². The highest BCUT2D eigenvalue weighted by atomic mass is 35.5. The van der Waals surface area contributed by atoms with Gasteiger partial charge in [0, 0.05) is 22.8 Å². The Kier molecular flexibility index (Phi) is 7.29. The summed E-state index contributed by atoms with van der Waals surface area (Å²) in [7, 11) is 0. The molecular weight excluding hydrogens is 420 g/mol. The number of hydrogen-bond donors (Lipinski definition) is 4. The van der Waals surface area contributed by atoms with Crippen LogP contribution in [-0.4, -0.2) is 30.8 Å². The van der Waals surface area contributed by atoms with E-state index in [1.807, 2.05) is 6.92 Å². The molecular formula is C22H21ClN4O4. The number of furan rings is 1. The van der Waals surface area contributed by atoms with Crippen LogP contribution in [0.15, 0.2) is 65.3 Å². The molecule has 0 aliphatic heterocycles. The van der Waals surface area contributed by atoms with Crippen LogP contribution in [0.4, 0.5) is 17.1 Å². The highest BCUT2D eigenvalue weighted by molar-refractivity contribution is 6.31. The summed E-state index contributed by atoms with van der Waals surface area (Å²) >= 11 is 6.04. The molecule has 0 aliphatic rings. The van der Waals surface area contributed by atoms with Gasteiger partial charge in [0.05, 0.1) is 24.2 Å². The van der Waals surface area contributed by atoms with E-state index in [0.717, 1.165) is 0 Å². The van der Waals surface area contributed by atoms with Crippen molar-refractivity contribution >= 4 is 46.4 Å². The summed E-state index contributed by atoms with van der Waals surface area (Å²) in [5.74, 6) is -0.835. The molecule has 0 spiro atoms. The third kappa shape index (κ3) is 6.10. The van der Waals surface area contributed by atoms with E-state index >= 15 is 0 Å². The Morgan fingerprint density at radius 3 is 2.52 bits per heavy atom. The zero-order chi connectivity index (χ0) is 22.2. The number of anilines is 3. The van der Waals surface area contributed by atoms with E-state index in [-0.39, 0.29) is 24.1 Å². The van der Waals surface area contributed by atoms with E-state index in [4.69, 9.17) is 16.0 Å². The fourth-order valence-corrected chi connectivity index (χ4v) is 2.92. The van der Waals surface area contributed by atoms with Gasteiger partial charge in [-0.3, -0.25) is 14.4 Å². The minimum Gasteiger partial charge on any atom is -0.459 e. The van der Waals surface area contributed by atoms with E-state index in [0.29, 0.717) is 34.2 Å². The largest absolute Gasteiger partial charge is 0.459 e. The maximum absolute atomic E-state index is 12.4. The second-order valence-electron chi connectivity index (χ2n) is 6.46. The molecule has 1 aromatic heterocycles. The molecule has 3 rings (SSSR count). The SMILES string of the molecule is CCNC(=O)c1cccc(NC(=O)CNc2ccc(Cl)cc2NC(=O)c2ccco2)c1. The van der Waals surface area contributed by atoms with Gasteiger partial charge in [-0.1, -0.05) is 17.7 Å². The predicted octanol–water partition coefficient (Wildman–Crippen LogP) is 3.99. The third-order valence-electron chi connectivity index (χ3n) is 4.16. The zero-order valence-electron chi connectivity index (χ0n) is 16.7. The van der Waals surface area contributed by atoms with Crippen molar-refractivity contribution in [3.8, 4) is 0 Å². The van der Waals surface area contributed by atoms with Crippen molar-refractivity contribution in [2.75, 3.05) is 29.0 Å². The highest BCUT2D eigenvalue weighted by Gasteiger charge is 2.13. The van der Waals surface area contributed by atoms with Gasteiger partial charge in [0.2, 0.25) is 5.91 Å². The number of rotatable bonds is 8. The quantitative estimate of drug-likeness (QED) is 0.423. The number of amides is 3. The first-order valence-corrected chi connectivity index (χ1v) is 9.90. The smallest absolute Gasteiger partial charge is 0.291 e. The normalized spacial score (nSPS) is 10.3. The monoisotopic (exact) mass is 440 g/mol. The topological polar surface area (TPSA) is 112 Å². The van der Waals surface area contributed by atoms with Crippen LogP contribution in [0.2, 0.25) is 5.02 Å². The molecule has 0 aliphatic carbocycles. The van der Waals surface area contributed by atoms with Crippen LogP contribution in [0.5, 0.6) is 0 Å². The van der Waals surface area contributed by atoms with Crippen molar-refractivity contribution in [3.05, 3.63) is 77.2 Å². The van der Waals surface area contributed by atoms with Crippen LogP contribution in [0.3, 0.4) is 0 Å². The lowest BCUT2D eigenvalue weighted by atomic mass is 10.2. The first-order chi connectivity index (χ1) is 15.0. The standard InChI is InChI=1S/C22H21ClN4O4/c1-2-24-21(29)14-5-3-6-16(11-14)26-20(28)13-25-17-9-8-15(23)12-18(17)27-22(30)19-7-4-10-31-19/h3-12,25H,2,13H2,1H3,(H,24,29)(H,26,28)(H,27,30). The minimum atomic E-state index is -0.443. The number of benzene rings is 2. The Balaban J connectivity index is 1.63. The summed E-state index contributed by atoms with van der Waals surface area (Å²) < 4.78 is 5.09. The van der Waals surface area contributed by atoms with Crippen LogP contribution < -0.4 is 21.3 Å². The molecule has 8 nitrogen and oxygen atoms in total.